The maximum atomic E-state index is 2.75. The summed E-state index contributed by atoms with van der Waals surface area (Å²) in [7, 11) is 0. The minimum absolute atomic E-state index is 0.0100. The van der Waals surface area contributed by atoms with Gasteiger partial charge in [-0.3, -0.25) is 0 Å². The van der Waals surface area contributed by atoms with E-state index in [0.29, 0.717) is 0 Å². The summed E-state index contributed by atoms with van der Waals surface area (Å²) in [6, 6.07) is 42.9. The van der Waals surface area contributed by atoms with E-state index in [0.717, 1.165) is 0 Å². The highest BCUT2D eigenvalue weighted by Gasteiger charge is 2.51. The van der Waals surface area contributed by atoms with Crippen LogP contribution < -0.4 is 20.6 Å². The average Bonchev–Trinajstić information content (AvgIpc) is 3.38. The molecule has 0 radical (unpaired) electrons. The summed E-state index contributed by atoms with van der Waals surface area (Å²) in [6.45, 7) is 21.8. The van der Waals surface area contributed by atoms with Gasteiger partial charge in [0.15, 0.2) is 0 Å². The Balaban J connectivity index is 1.29. The normalized spacial score (nSPS) is 19.2. The minimum Gasteiger partial charge on any atom is -0.376 e. The molecule has 3 heterocycles. The summed E-state index contributed by atoms with van der Waals surface area (Å²) < 4.78 is 0. The molecule has 266 valence electrons. The fraction of sp³-hybridized carbons (Fsp3) is 0.294. The van der Waals surface area contributed by atoms with E-state index in [4.69, 9.17) is 0 Å². The molecule has 0 amide bonds. The molecule has 0 saturated heterocycles. The largest absolute Gasteiger partial charge is 0.376 e. The first-order chi connectivity index (χ1) is 25.7. The van der Waals surface area contributed by atoms with E-state index in [2.05, 4.69) is 181 Å². The maximum absolute atomic E-state index is 2.75. The standard InChI is InChI=1S/C51H49BN2/c1-30-27-33-45-42(24-23-37-44(45)32-15-10-11-16-34(32)50(37,6)7)54(31-21-22-35-39(29-31)49(4,5)26-25-48(35,2)3)52-40-19-14-18-38-47(40)53(43(28-30)46(33)52)41-20-13-12-17-36(41)51(38,8)9/h10-24,27-29H,25-26H2,1-9H3. The summed E-state index contributed by atoms with van der Waals surface area (Å²) in [5.74, 6) is 0. The zero-order valence-corrected chi connectivity index (χ0v) is 33.3. The minimum atomic E-state index is -0.141. The van der Waals surface area contributed by atoms with Crippen molar-refractivity contribution < 1.29 is 0 Å². The molecule has 5 aliphatic rings. The molecule has 0 N–H and O–H groups in total. The molecule has 2 aliphatic carbocycles. The molecule has 54 heavy (non-hydrogen) atoms. The number of hydrogen-bond acceptors (Lipinski definition) is 2. The van der Waals surface area contributed by atoms with Crippen LogP contribution in [0.4, 0.5) is 28.4 Å². The Kier molecular flexibility index (Phi) is 6.11. The topological polar surface area (TPSA) is 6.48 Å². The van der Waals surface area contributed by atoms with Crippen molar-refractivity contribution >= 4 is 46.2 Å². The number of fused-ring (bicyclic) bond motifs is 11. The molecule has 11 rings (SSSR count). The predicted octanol–water partition coefficient (Wildman–Crippen LogP) is 12.0. The molecule has 6 aromatic rings. The van der Waals surface area contributed by atoms with E-state index in [1.54, 1.807) is 0 Å². The lowest BCUT2D eigenvalue weighted by atomic mass is 9.42. The summed E-state index contributed by atoms with van der Waals surface area (Å²) in [6.07, 6.45) is 2.40. The molecule has 3 heteroatoms. The summed E-state index contributed by atoms with van der Waals surface area (Å²) >= 11 is 0. The Morgan fingerprint density at radius 2 is 1.17 bits per heavy atom. The van der Waals surface area contributed by atoms with E-state index in [-0.39, 0.29) is 28.5 Å². The molecule has 0 saturated carbocycles. The van der Waals surface area contributed by atoms with Crippen LogP contribution in [-0.2, 0) is 21.7 Å². The first-order valence-corrected chi connectivity index (χ1v) is 20.1. The highest BCUT2D eigenvalue weighted by molar-refractivity contribution is 6.93. The Bertz CT molecular complexity index is 2660. The number of anilines is 5. The van der Waals surface area contributed by atoms with Gasteiger partial charge in [0, 0.05) is 39.1 Å². The third kappa shape index (κ3) is 3.88. The van der Waals surface area contributed by atoms with Crippen LogP contribution in [0.15, 0.2) is 109 Å². The molecule has 0 bridgehead atoms. The van der Waals surface area contributed by atoms with E-state index in [1.807, 2.05) is 0 Å². The van der Waals surface area contributed by atoms with Crippen LogP contribution in [0.25, 0.3) is 22.3 Å². The second-order valence-electron chi connectivity index (χ2n) is 19.3. The summed E-state index contributed by atoms with van der Waals surface area (Å²) in [4.78, 5) is 5.39. The molecule has 3 aliphatic heterocycles. The van der Waals surface area contributed by atoms with Crippen molar-refractivity contribution in [3.63, 3.8) is 0 Å². The number of rotatable bonds is 1. The maximum Gasteiger partial charge on any atom is 0.333 e. The van der Waals surface area contributed by atoms with E-state index in [9.17, 15) is 0 Å². The summed E-state index contributed by atoms with van der Waals surface area (Å²) in [5, 5.41) is 0. The van der Waals surface area contributed by atoms with Crippen LogP contribution >= 0.6 is 0 Å². The molecule has 0 unspecified atom stereocenters. The first-order valence-electron chi connectivity index (χ1n) is 20.1. The Labute approximate surface area is 322 Å². The van der Waals surface area contributed by atoms with Crippen molar-refractivity contribution in [2.24, 2.45) is 0 Å². The first kappa shape index (κ1) is 32.4. The van der Waals surface area contributed by atoms with Crippen LogP contribution in [0.2, 0.25) is 0 Å². The number of aryl methyl sites for hydroxylation is 1. The van der Waals surface area contributed by atoms with Crippen LogP contribution in [0.5, 0.6) is 0 Å². The van der Waals surface area contributed by atoms with Crippen LogP contribution in [0, 0.1) is 6.92 Å². The predicted molar refractivity (Wildman–Crippen MR) is 230 cm³/mol. The molecule has 2 nitrogen and oxygen atoms in total. The number of benzene rings is 6. The molecule has 6 aromatic carbocycles. The highest BCUT2D eigenvalue weighted by atomic mass is 15.2. The van der Waals surface area contributed by atoms with Crippen LogP contribution in [0.3, 0.4) is 0 Å². The highest BCUT2D eigenvalue weighted by Crippen LogP contribution is 2.59. The van der Waals surface area contributed by atoms with Crippen molar-refractivity contribution in [3.8, 4) is 22.3 Å². The monoisotopic (exact) mass is 700 g/mol. The number of hydrogen-bond donors (Lipinski definition) is 0. The molecule has 0 spiro atoms. The smallest absolute Gasteiger partial charge is 0.333 e. The molecule has 0 fully saturated rings. The molecular weight excluding hydrogens is 651 g/mol. The van der Waals surface area contributed by atoms with Crippen molar-refractivity contribution in [3.05, 3.63) is 148 Å². The molecule has 0 atom stereocenters. The van der Waals surface area contributed by atoms with Gasteiger partial charge in [-0.05, 0) is 127 Å². The van der Waals surface area contributed by atoms with Crippen LogP contribution in [0.1, 0.15) is 107 Å². The van der Waals surface area contributed by atoms with Gasteiger partial charge in [0.05, 0.1) is 5.69 Å². The number of para-hydroxylation sites is 2. The van der Waals surface area contributed by atoms with Gasteiger partial charge in [0.1, 0.15) is 0 Å². The third-order valence-corrected chi connectivity index (χ3v) is 14.5. The van der Waals surface area contributed by atoms with E-state index < -0.39 is 0 Å². The zero-order valence-electron chi connectivity index (χ0n) is 33.3. The fourth-order valence-corrected chi connectivity index (χ4v) is 11.5. The van der Waals surface area contributed by atoms with E-state index in [1.165, 1.54) is 113 Å². The van der Waals surface area contributed by atoms with Gasteiger partial charge in [0.2, 0.25) is 0 Å². The van der Waals surface area contributed by atoms with Gasteiger partial charge in [-0.15, -0.1) is 0 Å². The third-order valence-electron chi connectivity index (χ3n) is 14.5. The molecule has 0 aromatic heterocycles. The van der Waals surface area contributed by atoms with Crippen molar-refractivity contribution in [1.82, 2.24) is 0 Å². The summed E-state index contributed by atoms with van der Waals surface area (Å²) in [5.41, 5.74) is 24.9. The lowest BCUT2D eigenvalue weighted by Crippen LogP contribution is -2.62. The van der Waals surface area contributed by atoms with Gasteiger partial charge in [-0.1, -0.05) is 134 Å². The van der Waals surface area contributed by atoms with Gasteiger partial charge in [-0.2, -0.15) is 0 Å². The lowest BCUT2D eigenvalue weighted by Gasteiger charge is -2.51. The average molecular weight is 701 g/mol. The fourth-order valence-electron chi connectivity index (χ4n) is 11.5. The zero-order chi connectivity index (χ0) is 37.3. The van der Waals surface area contributed by atoms with E-state index >= 15 is 0 Å². The molecular formula is C51H49BN2. The second-order valence-corrected chi connectivity index (χ2v) is 19.3. The quantitative estimate of drug-likeness (QED) is 0.158. The van der Waals surface area contributed by atoms with Gasteiger partial charge in [-0.25, -0.2) is 0 Å². The van der Waals surface area contributed by atoms with Gasteiger partial charge < -0.3 is 9.71 Å². The van der Waals surface area contributed by atoms with Crippen molar-refractivity contribution in [2.75, 3.05) is 9.71 Å². The van der Waals surface area contributed by atoms with Crippen molar-refractivity contribution in [1.29, 1.82) is 0 Å². The Morgan fingerprint density at radius 3 is 1.96 bits per heavy atom. The van der Waals surface area contributed by atoms with Crippen LogP contribution in [-0.4, -0.2) is 6.85 Å². The van der Waals surface area contributed by atoms with Gasteiger partial charge >= 0.3 is 6.85 Å². The Morgan fingerprint density at radius 1 is 0.500 bits per heavy atom. The van der Waals surface area contributed by atoms with Gasteiger partial charge in [0.25, 0.3) is 0 Å². The SMILES string of the molecule is Cc1cc2c3c(c1)N1c4ccccc4C(C)(C)c4cccc(c41)B3N(c1ccc3c(c1)C(C)(C)CCC3(C)C)c1ccc3c(c1-2)-c1ccccc1C3(C)C. The number of nitrogens with zero attached hydrogens (tertiary/aromatic N) is 2. The Hall–Kier alpha value is -5.02. The van der Waals surface area contributed by atoms with Crippen molar-refractivity contribution in [2.45, 2.75) is 96.8 Å². The lowest BCUT2D eigenvalue weighted by molar-refractivity contribution is 0.332. The second kappa shape index (κ2) is 10.2.